The summed E-state index contributed by atoms with van der Waals surface area (Å²) in [6, 6.07) is 67.2. The van der Waals surface area contributed by atoms with Gasteiger partial charge in [-0.3, -0.25) is 4.98 Å². The van der Waals surface area contributed by atoms with E-state index in [9.17, 15) is 0 Å². The minimum Gasteiger partial charge on any atom is -0.310 e. The summed E-state index contributed by atoms with van der Waals surface area (Å²) < 4.78 is 0. The number of nitrogens with zero attached hydrogens (tertiary/aromatic N) is 3. The van der Waals surface area contributed by atoms with Crippen molar-refractivity contribution in [3.63, 3.8) is 0 Å². The van der Waals surface area contributed by atoms with E-state index < -0.39 is 0 Å². The monoisotopic (exact) mass is 905 g/mol. The molecule has 0 saturated heterocycles. The fraction of sp³-hybridized carbons (Fsp3) is 0.149. The predicted octanol–water partition coefficient (Wildman–Crippen LogP) is 18.2. The van der Waals surface area contributed by atoms with Crippen molar-refractivity contribution < 1.29 is 0 Å². The molecule has 2 aliphatic rings. The zero-order valence-electron chi connectivity index (χ0n) is 41.5. The highest BCUT2D eigenvalue weighted by Crippen LogP contribution is 2.53. The number of benzene rings is 8. The SMILES string of the molecule is Cc1cccc(N(c2cccc(C)c2)c2ccc3c(c2)C(C)(C)c2cc(/C=C/c4ccc(/C=C/c5ccc6c(c5)C(C)(C)c5cc(N(c7cccc(C)c7)c7cccc(C)c7)ccc5-6)nc4)ccc2-3)c1. The quantitative estimate of drug-likeness (QED) is 0.136. The second-order valence-electron chi connectivity index (χ2n) is 20.5. The highest BCUT2D eigenvalue weighted by atomic mass is 15.1. The number of hydrogen-bond donors (Lipinski definition) is 0. The fourth-order valence-electron chi connectivity index (χ4n) is 10.9. The molecule has 0 aliphatic heterocycles. The van der Waals surface area contributed by atoms with Gasteiger partial charge in [-0.25, -0.2) is 0 Å². The Bertz CT molecular complexity index is 3220. The molecule has 2 aliphatic carbocycles. The topological polar surface area (TPSA) is 19.4 Å². The van der Waals surface area contributed by atoms with E-state index in [2.05, 4.69) is 271 Å². The van der Waals surface area contributed by atoms with Crippen LogP contribution in [0.5, 0.6) is 0 Å². The van der Waals surface area contributed by atoms with Crippen LogP contribution >= 0.6 is 0 Å². The number of aromatic nitrogens is 1. The molecule has 0 fully saturated rings. The third kappa shape index (κ3) is 8.16. The summed E-state index contributed by atoms with van der Waals surface area (Å²) in [7, 11) is 0. The minimum absolute atomic E-state index is 0.168. The average Bonchev–Trinajstić information content (AvgIpc) is 3.71. The lowest BCUT2D eigenvalue weighted by Crippen LogP contribution is -2.16. The molecule has 9 aromatic rings. The summed E-state index contributed by atoms with van der Waals surface area (Å²) in [6.07, 6.45) is 10.7. The second kappa shape index (κ2) is 17.5. The Morgan fingerprint density at radius 1 is 0.329 bits per heavy atom. The van der Waals surface area contributed by atoms with Gasteiger partial charge in [0.05, 0.1) is 5.69 Å². The summed E-state index contributed by atoms with van der Waals surface area (Å²) in [6.45, 7) is 18.1. The molecule has 1 heterocycles. The van der Waals surface area contributed by atoms with Gasteiger partial charge in [-0.2, -0.15) is 0 Å². The normalized spacial score (nSPS) is 13.8. The summed E-state index contributed by atoms with van der Waals surface area (Å²) in [5.74, 6) is 0. The largest absolute Gasteiger partial charge is 0.310 e. The summed E-state index contributed by atoms with van der Waals surface area (Å²) in [5.41, 5.74) is 26.6. The number of fused-ring (bicyclic) bond motifs is 6. The van der Waals surface area contributed by atoms with Gasteiger partial charge in [0, 0.05) is 51.2 Å². The van der Waals surface area contributed by atoms with Gasteiger partial charge in [-0.15, -0.1) is 0 Å². The van der Waals surface area contributed by atoms with Gasteiger partial charge in [-0.05, 0) is 196 Å². The Balaban J connectivity index is 0.801. The molecule has 0 bridgehead atoms. The number of aryl methyl sites for hydroxylation is 4. The van der Waals surface area contributed by atoms with Crippen LogP contribution < -0.4 is 9.80 Å². The van der Waals surface area contributed by atoms with Crippen molar-refractivity contribution in [3.05, 3.63) is 255 Å². The number of anilines is 6. The first-order valence-corrected chi connectivity index (χ1v) is 24.6. The maximum atomic E-state index is 4.86. The summed E-state index contributed by atoms with van der Waals surface area (Å²) >= 11 is 0. The molecule has 0 atom stereocenters. The molecule has 0 amide bonds. The van der Waals surface area contributed by atoms with Crippen LogP contribution in [0.4, 0.5) is 34.1 Å². The maximum Gasteiger partial charge on any atom is 0.0630 e. The zero-order valence-corrected chi connectivity index (χ0v) is 41.5. The van der Waals surface area contributed by atoms with Crippen molar-refractivity contribution in [3.8, 4) is 22.3 Å². The number of pyridine rings is 1. The highest BCUT2D eigenvalue weighted by molar-refractivity contribution is 5.89. The van der Waals surface area contributed by atoms with Crippen molar-refractivity contribution in [2.24, 2.45) is 0 Å². The molecule has 0 spiro atoms. The van der Waals surface area contributed by atoms with Gasteiger partial charge in [0.15, 0.2) is 0 Å². The van der Waals surface area contributed by atoms with E-state index in [0.29, 0.717) is 0 Å². The molecular weight excluding hydrogens is 847 g/mol. The van der Waals surface area contributed by atoms with E-state index in [1.807, 2.05) is 6.20 Å². The van der Waals surface area contributed by atoms with Crippen LogP contribution in [-0.2, 0) is 10.8 Å². The van der Waals surface area contributed by atoms with E-state index in [1.54, 1.807) is 0 Å². The third-order valence-corrected chi connectivity index (χ3v) is 14.6. The van der Waals surface area contributed by atoms with Gasteiger partial charge in [-0.1, -0.05) is 149 Å². The first-order valence-electron chi connectivity index (χ1n) is 24.6. The van der Waals surface area contributed by atoms with Crippen LogP contribution in [-0.4, -0.2) is 4.98 Å². The minimum atomic E-state index is -0.171. The van der Waals surface area contributed by atoms with Crippen molar-refractivity contribution in [2.75, 3.05) is 9.80 Å². The molecule has 0 radical (unpaired) electrons. The molecule has 1 aromatic heterocycles. The molecule has 0 N–H and O–H groups in total. The Labute approximate surface area is 414 Å². The lowest BCUT2D eigenvalue weighted by atomic mass is 9.81. The van der Waals surface area contributed by atoms with Crippen LogP contribution in [0, 0.1) is 27.7 Å². The van der Waals surface area contributed by atoms with E-state index in [0.717, 1.165) is 39.7 Å². The van der Waals surface area contributed by atoms with Crippen LogP contribution in [0.2, 0.25) is 0 Å². The molecule has 70 heavy (non-hydrogen) atoms. The van der Waals surface area contributed by atoms with Crippen molar-refractivity contribution in [2.45, 2.75) is 66.2 Å². The van der Waals surface area contributed by atoms with E-state index in [-0.39, 0.29) is 10.8 Å². The third-order valence-electron chi connectivity index (χ3n) is 14.6. The van der Waals surface area contributed by atoms with Crippen molar-refractivity contribution >= 4 is 58.4 Å². The van der Waals surface area contributed by atoms with E-state index in [1.165, 1.54) is 83.6 Å². The van der Waals surface area contributed by atoms with E-state index >= 15 is 0 Å². The van der Waals surface area contributed by atoms with Crippen molar-refractivity contribution in [1.29, 1.82) is 0 Å². The van der Waals surface area contributed by atoms with Crippen molar-refractivity contribution in [1.82, 2.24) is 4.98 Å². The Kier molecular flexibility index (Phi) is 11.1. The fourth-order valence-corrected chi connectivity index (χ4v) is 10.9. The smallest absolute Gasteiger partial charge is 0.0630 e. The molecule has 3 nitrogen and oxygen atoms in total. The van der Waals surface area contributed by atoms with Crippen LogP contribution in [0.25, 0.3) is 46.6 Å². The number of rotatable bonds is 10. The second-order valence-corrected chi connectivity index (χ2v) is 20.5. The Hall–Kier alpha value is -8.01. The standard InChI is InChI=1S/C67H59N3/c1-44-13-9-17-52(35-44)69(53-18-10-14-45(2)36-53)56-29-33-60-58-31-25-48(39-62(58)66(5,6)64(60)41-56)21-22-50-24-28-51(68-43-50)27-23-49-26-32-59-61-34-30-57(42-65(61)67(7,8)63(59)40-49)70(54-19-11-15-46(3)37-54)55-20-12-16-47(4)38-55/h9-43H,1-8H3/b22-21+,27-23+. The van der Waals surface area contributed by atoms with Gasteiger partial charge in [0.2, 0.25) is 0 Å². The lowest BCUT2D eigenvalue weighted by Gasteiger charge is -2.28. The zero-order chi connectivity index (χ0) is 48.3. The maximum absolute atomic E-state index is 4.86. The molecular formula is C67H59N3. The molecule has 8 aromatic carbocycles. The summed E-state index contributed by atoms with van der Waals surface area (Å²) in [4.78, 5) is 9.64. The average molecular weight is 906 g/mol. The van der Waals surface area contributed by atoms with Gasteiger partial charge < -0.3 is 9.80 Å². The van der Waals surface area contributed by atoms with Gasteiger partial charge >= 0.3 is 0 Å². The molecule has 3 heteroatoms. The predicted molar refractivity (Wildman–Crippen MR) is 298 cm³/mol. The summed E-state index contributed by atoms with van der Waals surface area (Å²) in [5, 5.41) is 0. The molecule has 11 rings (SSSR count). The van der Waals surface area contributed by atoms with Crippen LogP contribution in [0.1, 0.15) is 94.6 Å². The highest BCUT2D eigenvalue weighted by Gasteiger charge is 2.37. The first kappa shape index (κ1) is 44.5. The lowest BCUT2D eigenvalue weighted by molar-refractivity contribution is 0.660. The molecule has 342 valence electrons. The Morgan fingerprint density at radius 2 is 0.657 bits per heavy atom. The van der Waals surface area contributed by atoms with Crippen LogP contribution in [0.15, 0.2) is 188 Å². The van der Waals surface area contributed by atoms with Gasteiger partial charge in [0.25, 0.3) is 0 Å². The Morgan fingerprint density at radius 3 is 1.03 bits per heavy atom. The van der Waals surface area contributed by atoms with Gasteiger partial charge in [0.1, 0.15) is 0 Å². The number of hydrogen-bond acceptors (Lipinski definition) is 3. The van der Waals surface area contributed by atoms with Crippen LogP contribution in [0.3, 0.4) is 0 Å². The van der Waals surface area contributed by atoms with E-state index in [4.69, 9.17) is 4.98 Å². The first-order chi connectivity index (χ1) is 33.8. The molecule has 0 unspecified atom stereocenters. The molecule has 0 saturated carbocycles.